The highest BCUT2D eigenvalue weighted by atomic mass is 79.9. The van der Waals surface area contributed by atoms with Gasteiger partial charge in [-0.2, -0.15) is 0 Å². The topological polar surface area (TPSA) is 9.23 Å². The van der Waals surface area contributed by atoms with Crippen molar-refractivity contribution in [2.24, 2.45) is 0 Å². The maximum Gasteiger partial charge on any atom is 0.127 e. The molecule has 0 bridgehead atoms. The first-order valence-electron chi connectivity index (χ1n) is 5.88. The highest BCUT2D eigenvalue weighted by Crippen LogP contribution is 2.20. The molecule has 0 fully saturated rings. The van der Waals surface area contributed by atoms with Gasteiger partial charge in [0.2, 0.25) is 0 Å². The Hall–Kier alpha value is -1.54. The lowest BCUT2D eigenvalue weighted by Gasteiger charge is -2.09. The molecule has 92 valence electrons. The fourth-order valence-corrected chi connectivity index (χ4v) is 1.84. The van der Waals surface area contributed by atoms with Gasteiger partial charge in [-0.3, -0.25) is 0 Å². The third-order valence-electron chi connectivity index (χ3n) is 2.54. The monoisotopic (exact) mass is 302 g/mol. The average Bonchev–Trinajstić information content (AvgIpc) is 2.45. The predicted molar refractivity (Wildman–Crippen MR) is 80.0 cm³/mol. The molecule has 0 spiro atoms. The van der Waals surface area contributed by atoms with Crippen molar-refractivity contribution >= 4 is 22.0 Å². The van der Waals surface area contributed by atoms with Gasteiger partial charge in [0.05, 0.1) is 0 Å². The van der Waals surface area contributed by atoms with E-state index in [1.54, 1.807) is 0 Å². The van der Waals surface area contributed by atoms with Crippen LogP contribution in [0.2, 0.25) is 0 Å². The van der Waals surface area contributed by atoms with E-state index in [1.807, 2.05) is 36.4 Å². The van der Waals surface area contributed by atoms with E-state index in [-0.39, 0.29) is 0 Å². The zero-order chi connectivity index (χ0) is 12.6. The smallest absolute Gasteiger partial charge is 0.127 e. The Morgan fingerprint density at radius 2 is 1.67 bits per heavy atom. The van der Waals surface area contributed by atoms with Crippen molar-refractivity contribution in [2.75, 3.05) is 5.33 Å². The van der Waals surface area contributed by atoms with Crippen molar-refractivity contribution in [3.63, 3.8) is 0 Å². The van der Waals surface area contributed by atoms with Gasteiger partial charge in [0, 0.05) is 10.9 Å². The quantitative estimate of drug-likeness (QED) is 0.729. The lowest BCUT2D eigenvalue weighted by molar-refractivity contribution is 0.305. The molecule has 0 aliphatic carbocycles. The van der Waals surface area contributed by atoms with Crippen LogP contribution in [0.5, 0.6) is 5.75 Å². The molecule has 1 nitrogen and oxygen atoms in total. The van der Waals surface area contributed by atoms with E-state index in [0.29, 0.717) is 6.61 Å². The molecule has 0 atom stereocenters. The molecule has 2 heteroatoms. The summed E-state index contributed by atoms with van der Waals surface area (Å²) in [5.41, 5.74) is 2.28. The van der Waals surface area contributed by atoms with Gasteiger partial charge in [-0.1, -0.05) is 76.6 Å². The van der Waals surface area contributed by atoms with Gasteiger partial charge in [0.25, 0.3) is 0 Å². The first kappa shape index (κ1) is 12.9. The predicted octanol–water partition coefficient (Wildman–Crippen LogP) is 4.67. The number of halogens is 1. The van der Waals surface area contributed by atoms with Crippen LogP contribution in [0.3, 0.4) is 0 Å². The van der Waals surface area contributed by atoms with Crippen molar-refractivity contribution in [3.8, 4) is 5.75 Å². The second-order valence-electron chi connectivity index (χ2n) is 3.87. The lowest BCUT2D eigenvalue weighted by atomic mass is 10.2. The van der Waals surface area contributed by atoms with E-state index < -0.39 is 0 Å². The first-order valence-corrected chi connectivity index (χ1v) is 7.00. The van der Waals surface area contributed by atoms with Crippen LogP contribution >= 0.6 is 15.9 Å². The van der Waals surface area contributed by atoms with Gasteiger partial charge < -0.3 is 4.74 Å². The van der Waals surface area contributed by atoms with Gasteiger partial charge in [-0.05, 0) is 11.6 Å². The van der Waals surface area contributed by atoms with Crippen LogP contribution in [0.4, 0.5) is 0 Å². The highest BCUT2D eigenvalue weighted by molar-refractivity contribution is 9.09. The summed E-state index contributed by atoms with van der Waals surface area (Å²) >= 11 is 3.38. The van der Waals surface area contributed by atoms with E-state index >= 15 is 0 Å². The third kappa shape index (κ3) is 3.74. The second-order valence-corrected chi connectivity index (χ2v) is 4.52. The number of allylic oxidation sites excluding steroid dienone is 1. The van der Waals surface area contributed by atoms with Gasteiger partial charge in [0.15, 0.2) is 0 Å². The zero-order valence-corrected chi connectivity index (χ0v) is 11.6. The number of benzene rings is 2. The largest absolute Gasteiger partial charge is 0.488 e. The molecule has 2 aromatic carbocycles. The molecule has 0 heterocycles. The molecule has 0 aliphatic heterocycles. The lowest BCUT2D eigenvalue weighted by Crippen LogP contribution is -1.96. The Kier molecular flexibility index (Phi) is 5.03. The van der Waals surface area contributed by atoms with Gasteiger partial charge in [-0.25, -0.2) is 0 Å². The average molecular weight is 303 g/mol. The maximum absolute atomic E-state index is 5.85. The fraction of sp³-hybridized carbons (Fsp3) is 0.125. The normalized spacial score (nSPS) is 10.7. The van der Waals surface area contributed by atoms with Gasteiger partial charge >= 0.3 is 0 Å². The molecule has 2 rings (SSSR count). The molecule has 2 aromatic rings. The van der Waals surface area contributed by atoms with Gasteiger partial charge in [0.1, 0.15) is 12.4 Å². The van der Waals surface area contributed by atoms with Crippen LogP contribution in [0.1, 0.15) is 11.1 Å². The molecule has 0 N–H and O–H groups in total. The van der Waals surface area contributed by atoms with Crippen molar-refractivity contribution in [2.45, 2.75) is 6.61 Å². The SMILES string of the molecule is BrCC=Cc1ccccc1OCc1ccccc1. The Bertz CT molecular complexity index is 506. The summed E-state index contributed by atoms with van der Waals surface area (Å²) < 4.78 is 5.85. The molecule has 0 aliphatic rings. The summed E-state index contributed by atoms with van der Waals surface area (Å²) in [5.74, 6) is 0.915. The van der Waals surface area contributed by atoms with Crippen molar-refractivity contribution in [3.05, 3.63) is 71.8 Å². The number of para-hydroxylation sites is 1. The molecular weight excluding hydrogens is 288 g/mol. The van der Waals surface area contributed by atoms with Crippen LogP contribution in [0.25, 0.3) is 6.08 Å². The van der Waals surface area contributed by atoms with Crippen LogP contribution in [0, 0.1) is 0 Å². The number of hydrogen-bond donors (Lipinski definition) is 0. The Labute approximate surface area is 116 Å². The van der Waals surface area contributed by atoms with Crippen molar-refractivity contribution < 1.29 is 4.74 Å². The van der Waals surface area contributed by atoms with E-state index in [2.05, 4.69) is 46.3 Å². The fourth-order valence-electron chi connectivity index (χ4n) is 1.66. The number of alkyl halides is 1. The number of hydrogen-bond acceptors (Lipinski definition) is 1. The Morgan fingerprint density at radius 1 is 0.944 bits per heavy atom. The molecule has 0 saturated heterocycles. The Balaban J connectivity index is 2.07. The second kappa shape index (κ2) is 7.02. The van der Waals surface area contributed by atoms with Crippen LogP contribution in [0.15, 0.2) is 60.7 Å². The summed E-state index contributed by atoms with van der Waals surface area (Å²) in [6, 6.07) is 18.3. The van der Waals surface area contributed by atoms with E-state index in [4.69, 9.17) is 4.74 Å². The molecule has 0 aromatic heterocycles. The van der Waals surface area contributed by atoms with Crippen molar-refractivity contribution in [1.82, 2.24) is 0 Å². The summed E-state index contributed by atoms with van der Waals surface area (Å²) in [6.45, 7) is 0.597. The molecule has 18 heavy (non-hydrogen) atoms. The van der Waals surface area contributed by atoms with Crippen LogP contribution in [-0.4, -0.2) is 5.33 Å². The molecule has 0 unspecified atom stereocenters. The standard InChI is InChI=1S/C16H15BrO/c17-12-6-10-15-9-4-5-11-16(15)18-13-14-7-2-1-3-8-14/h1-11H,12-13H2. The van der Waals surface area contributed by atoms with Crippen molar-refractivity contribution in [1.29, 1.82) is 0 Å². The first-order chi connectivity index (χ1) is 8.90. The summed E-state index contributed by atoms with van der Waals surface area (Å²) in [7, 11) is 0. The molecular formula is C16H15BrO. The third-order valence-corrected chi connectivity index (χ3v) is 2.92. The maximum atomic E-state index is 5.85. The minimum Gasteiger partial charge on any atom is -0.488 e. The highest BCUT2D eigenvalue weighted by Gasteiger charge is 1.99. The van der Waals surface area contributed by atoms with E-state index in [0.717, 1.165) is 16.6 Å². The zero-order valence-electron chi connectivity index (χ0n) is 10.1. The molecule has 0 amide bonds. The van der Waals surface area contributed by atoms with E-state index in [9.17, 15) is 0 Å². The summed E-state index contributed by atoms with van der Waals surface area (Å²) in [6.07, 6.45) is 4.12. The van der Waals surface area contributed by atoms with Crippen LogP contribution in [-0.2, 0) is 6.61 Å². The number of ether oxygens (including phenoxy) is 1. The Morgan fingerprint density at radius 3 is 2.44 bits per heavy atom. The summed E-state index contributed by atoms with van der Waals surface area (Å²) in [4.78, 5) is 0. The molecule has 0 radical (unpaired) electrons. The minimum atomic E-state index is 0.597. The summed E-state index contributed by atoms with van der Waals surface area (Å²) in [5, 5.41) is 0.847. The van der Waals surface area contributed by atoms with Gasteiger partial charge in [-0.15, -0.1) is 0 Å². The number of rotatable bonds is 5. The van der Waals surface area contributed by atoms with Crippen LogP contribution < -0.4 is 4.74 Å². The molecule has 0 saturated carbocycles. The van der Waals surface area contributed by atoms with E-state index in [1.165, 1.54) is 5.56 Å². The minimum absolute atomic E-state index is 0.597.